The molecule has 0 saturated heterocycles. The van der Waals surface area contributed by atoms with Crippen LogP contribution in [0.1, 0.15) is 28.5 Å². The van der Waals surface area contributed by atoms with Crippen molar-refractivity contribution in [2.45, 2.75) is 20.3 Å². The van der Waals surface area contributed by atoms with Crippen LogP contribution in [0.4, 0.5) is 11.4 Å². The van der Waals surface area contributed by atoms with Gasteiger partial charge in [-0.1, -0.05) is 37.3 Å². The van der Waals surface area contributed by atoms with Crippen LogP contribution in [0.25, 0.3) is 10.9 Å². The van der Waals surface area contributed by atoms with E-state index in [2.05, 4.69) is 29.3 Å². The van der Waals surface area contributed by atoms with Crippen molar-refractivity contribution in [1.82, 2.24) is 4.57 Å². The maximum Gasteiger partial charge on any atom is 0.262 e. The number of aromatic nitrogens is 1. The minimum Gasteiger partial charge on any atom is -0.280 e. The van der Waals surface area contributed by atoms with E-state index in [1.165, 1.54) is 5.56 Å². The zero-order valence-electron chi connectivity index (χ0n) is 16.0. The molecular weight excluding hydrogens is 346 g/mol. The summed E-state index contributed by atoms with van der Waals surface area (Å²) in [5, 5.41) is 9.59. The predicted molar refractivity (Wildman–Crippen MR) is 113 cm³/mol. The maximum atomic E-state index is 13.1. The molecule has 0 spiro atoms. The third-order valence-corrected chi connectivity index (χ3v) is 4.86. The molecule has 1 aromatic heterocycles. The summed E-state index contributed by atoms with van der Waals surface area (Å²) in [6.45, 7) is 4.10. The minimum absolute atomic E-state index is 0.0349. The SMILES string of the molecule is CCc1cccc2c1cc(C)n2C(=O)c1ccc(N=Nc2ccccc2)cc1. The van der Waals surface area contributed by atoms with Gasteiger partial charge >= 0.3 is 0 Å². The Hall–Kier alpha value is -3.53. The molecule has 0 aliphatic rings. The number of azo groups is 1. The highest BCUT2D eigenvalue weighted by Gasteiger charge is 2.16. The number of rotatable bonds is 4. The molecule has 28 heavy (non-hydrogen) atoms. The second kappa shape index (κ2) is 7.61. The van der Waals surface area contributed by atoms with Gasteiger partial charge < -0.3 is 0 Å². The predicted octanol–water partition coefficient (Wildman–Crippen LogP) is 6.62. The summed E-state index contributed by atoms with van der Waals surface area (Å²) >= 11 is 0. The lowest BCUT2D eigenvalue weighted by Gasteiger charge is -2.08. The number of aryl methyl sites for hydroxylation is 2. The summed E-state index contributed by atoms with van der Waals surface area (Å²) in [6, 6.07) is 25.0. The van der Waals surface area contributed by atoms with Crippen LogP contribution in [0.2, 0.25) is 0 Å². The van der Waals surface area contributed by atoms with Crippen molar-refractivity contribution in [2.24, 2.45) is 10.2 Å². The lowest BCUT2D eigenvalue weighted by molar-refractivity contribution is 0.0963. The first kappa shape index (κ1) is 17.9. The molecule has 4 heteroatoms. The summed E-state index contributed by atoms with van der Waals surface area (Å²) in [5.74, 6) is -0.0349. The van der Waals surface area contributed by atoms with E-state index in [0.717, 1.165) is 28.7 Å². The molecule has 0 saturated carbocycles. The molecule has 1 heterocycles. The molecule has 0 unspecified atom stereocenters. The van der Waals surface area contributed by atoms with Gasteiger partial charge in [-0.2, -0.15) is 10.2 Å². The van der Waals surface area contributed by atoms with E-state index < -0.39 is 0 Å². The molecule has 0 N–H and O–H groups in total. The fourth-order valence-electron chi connectivity index (χ4n) is 3.41. The first-order valence-corrected chi connectivity index (χ1v) is 9.39. The number of carbonyl (C=O) groups excluding carboxylic acids is 1. The topological polar surface area (TPSA) is 46.7 Å². The second-order valence-electron chi connectivity index (χ2n) is 6.71. The number of benzene rings is 3. The van der Waals surface area contributed by atoms with Gasteiger partial charge in [-0.15, -0.1) is 0 Å². The van der Waals surface area contributed by atoms with Crippen molar-refractivity contribution in [1.29, 1.82) is 0 Å². The first-order valence-electron chi connectivity index (χ1n) is 9.39. The van der Waals surface area contributed by atoms with Crippen molar-refractivity contribution >= 4 is 28.2 Å². The molecule has 0 aliphatic heterocycles. The number of carbonyl (C=O) groups is 1. The molecule has 4 rings (SSSR count). The number of nitrogens with zero attached hydrogens (tertiary/aromatic N) is 3. The zero-order valence-corrected chi connectivity index (χ0v) is 16.0. The Balaban J connectivity index is 1.63. The summed E-state index contributed by atoms with van der Waals surface area (Å²) in [5.41, 5.74) is 5.28. The number of hydrogen-bond acceptors (Lipinski definition) is 3. The lowest BCUT2D eigenvalue weighted by atomic mass is 10.1. The largest absolute Gasteiger partial charge is 0.280 e. The fraction of sp³-hybridized carbons (Fsp3) is 0.125. The Labute approximate surface area is 164 Å². The van der Waals surface area contributed by atoms with Gasteiger partial charge in [0.05, 0.1) is 16.9 Å². The molecule has 0 bridgehead atoms. The normalized spacial score (nSPS) is 11.4. The van der Waals surface area contributed by atoms with Crippen LogP contribution in [-0.2, 0) is 6.42 Å². The number of hydrogen-bond donors (Lipinski definition) is 0. The Kier molecular flexibility index (Phi) is 4.85. The van der Waals surface area contributed by atoms with Gasteiger partial charge in [0, 0.05) is 16.6 Å². The van der Waals surface area contributed by atoms with Crippen LogP contribution in [0.3, 0.4) is 0 Å². The Morgan fingerprint density at radius 2 is 1.54 bits per heavy atom. The average molecular weight is 367 g/mol. The van der Waals surface area contributed by atoms with Gasteiger partial charge in [-0.25, -0.2) is 0 Å². The molecule has 138 valence electrons. The molecule has 0 atom stereocenters. The van der Waals surface area contributed by atoms with Crippen LogP contribution >= 0.6 is 0 Å². The molecule has 0 fully saturated rings. The van der Waals surface area contributed by atoms with E-state index >= 15 is 0 Å². The van der Waals surface area contributed by atoms with E-state index in [9.17, 15) is 4.79 Å². The second-order valence-corrected chi connectivity index (χ2v) is 6.71. The van der Waals surface area contributed by atoms with Crippen molar-refractivity contribution in [2.75, 3.05) is 0 Å². The van der Waals surface area contributed by atoms with Crippen molar-refractivity contribution in [3.8, 4) is 0 Å². The standard InChI is InChI=1S/C24H21N3O/c1-3-18-8-7-11-23-22(18)16-17(2)27(23)24(28)19-12-14-21(15-13-19)26-25-20-9-5-4-6-10-20/h4-16H,3H2,1-2H3. The smallest absolute Gasteiger partial charge is 0.262 e. The monoisotopic (exact) mass is 367 g/mol. The molecule has 0 aliphatic carbocycles. The lowest BCUT2D eigenvalue weighted by Crippen LogP contribution is -2.13. The Morgan fingerprint density at radius 3 is 2.21 bits per heavy atom. The quantitative estimate of drug-likeness (QED) is 0.374. The minimum atomic E-state index is -0.0349. The van der Waals surface area contributed by atoms with Gasteiger partial charge in [0.15, 0.2) is 0 Å². The van der Waals surface area contributed by atoms with Crippen LogP contribution < -0.4 is 0 Å². The molecule has 0 amide bonds. The molecule has 4 aromatic rings. The fourth-order valence-corrected chi connectivity index (χ4v) is 3.41. The molecule has 4 nitrogen and oxygen atoms in total. The van der Waals surface area contributed by atoms with Crippen molar-refractivity contribution in [3.05, 3.63) is 95.7 Å². The van der Waals surface area contributed by atoms with Crippen LogP contribution in [-0.4, -0.2) is 10.5 Å². The highest BCUT2D eigenvalue weighted by Crippen LogP contribution is 2.25. The van der Waals surface area contributed by atoms with E-state index in [-0.39, 0.29) is 5.91 Å². The van der Waals surface area contributed by atoms with E-state index in [4.69, 9.17) is 0 Å². The highest BCUT2D eigenvalue weighted by molar-refractivity contribution is 6.03. The Morgan fingerprint density at radius 1 is 0.857 bits per heavy atom. The van der Waals surface area contributed by atoms with E-state index in [1.807, 2.05) is 61.5 Å². The van der Waals surface area contributed by atoms with Crippen molar-refractivity contribution < 1.29 is 4.79 Å². The van der Waals surface area contributed by atoms with Crippen LogP contribution in [0, 0.1) is 6.92 Å². The van der Waals surface area contributed by atoms with Gasteiger partial charge in [0.2, 0.25) is 0 Å². The van der Waals surface area contributed by atoms with Crippen LogP contribution in [0.5, 0.6) is 0 Å². The van der Waals surface area contributed by atoms with E-state index in [1.54, 1.807) is 16.7 Å². The highest BCUT2D eigenvalue weighted by atomic mass is 16.2. The summed E-state index contributed by atoms with van der Waals surface area (Å²) in [6.07, 6.45) is 0.941. The molecular formula is C24H21N3O. The third-order valence-electron chi connectivity index (χ3n) is 4.86. The zero-order chi connectivity index (χ0) is 19.5. The Bertz CT molecular complexity index is 1160. The first-order chi connectivity index (χ1) is 13.7. The van der Waals surface area contributed by atoms with Gasteiger partial charge in [0.1, 0.15) is 0 Å². The van der Waals surface area contributed by atoms with Gasteiger partial charge in [0.25, 0.3) is 5.91 Å². The summed E-state index contributed by atoms with van der Waals surface area (Å²) in [4.78, 5) is 13.1. The van der Waals surface area contributed by atoms with E-state index in [0.29, 0.717) is 11.3 Å². The summed E-state index contributed by atoms with van der Waals surface area (Å²) in [7, 11) is 0. The molecule has 3 aromatic carbocycles. The summed E-state index contributed by atoms with van der Waals surface area (Å²) < 4.78 is 1.79. The molecule has 0 radical (unpaired) electrons. The number of fused-ring (bicyclic) bond motifs is 1. The average Bonchev–Trinajstić information content (AvgIpc) is 3.08. The van der Waals surface area contributed by atoms with Crippen LogP contribution in [0.15, 0.2) is 89.1 Å². The third kappa shape index (κ3) is 3.37. The van der Waals surface area contributed by atoms with Gasteiger partial charge in [-0.05, 0) is 67.4 Å². The van der Waals surface area contributed by atoms with Crippen molar-refractivity contribution in [3.63, 3.8) is 0 Å². The maximum absolute atomic E-state index is 13.1. The van der Waals surface area contributed by atoms with Gasteiger partial charge in [-0.3, -0.25) is 9.36 Å².